The second-order valence-corrected chi connectivity index (χ2v) is 6.19. The Hall–Kier alpha value is -2.67. The van der Waals surface area contributed by atoms with Crippen molar-refractivity contribution in [3.63, 3.8) is 0 Å². The number of methoxy groups -OCH3 is 1. The number of hydrogen-bond acceptors (Lipinski definition) is 5. The second-order valence-electron chi connectivity index (χ2n) is 5.05. The first-order chi connectivity index (χ1) is 11.5. The van der Waals surface area contributed by atoms with Crippen LogP contribution in [0.15, 0.2) is 36.4 Å². The van der Waals surface area contributed by atoms with E-state index in [9.17, 15) is 14.4 Å². The largest absolute Gasteiger partial charge is 0.481 e. The van der Waals surface area contributed by atoms with E-state index < -0.39 is 17.8 Å². The Morgan fingerprint density at radius 1 is 1.17 bits per heavy atom. The van der Waals surface area contributed by atoms with E-state index in [-0.39, 0.29) is 18.4 Å². The minimum Gasteiger partial charge on any atom is -0.481 e. The Balaban J connectivity index is 2.17. The van der Waals surface area contributed by atoms with Crippen molar-refractivity contribution in [2.75, 3.05) is 12.4 Å². The lowest BCUT2D eigenvalue weighted by Gasteiger charge is -2.04. The summed E-state index contributed by atoms with van der Waals surface area (Å²) in [5.74, 6) is -2.04. The summed E-state index contributed by atoms with van der Waals surface area (Å²) < 4.78 is 4.74. The Morgan fingerprint density at radius 3 is 2.50 bits per heavy atom. The van der Waals surface area contributed by atoms with Crippen molar-refractivity contribution in [1.29, 1.82) is 0 Å². The van der Waals surface area contributed by atoms with Crippen LogP contribution in [-0.2, 0) is 20.7 Å². The molecule has 0 aliphatic rings. The van der Waals surface area contributed by atoms with E-state index in [1.54, 1.807) is 6.07 Å². The fraction of sp³-hybridized carbons (Fsp3) is 0.235. The van der Waals surface area contributed by atoms with Crippen LogP contribution in [0.5, 0.6) is 0 Å². The molecule has 0 saturated heterocycles. The minimum atomic E-state index is -1.05. The van der Waals surface area contributed by atoms with Crippen molar-refractivity contribution < 1.29 is 24.2 Å². The number of hydrogen-bond donors (Lipinski definition) is 2. The number of carboxylic acids is 1. The van der Waals surface area contributed by atoms with Gasteiger partial charge in [-0.15, -0.1) is 11.3 Å². The molecule has 0 saturated carbocycles. The molecule has 1 aromatic carbocycles. The van der Waals surface area contributed by atoms with Gasteiger partial charge in [0.15, 0.2) is 0 Å². The molecule has 0 radical (unpaired) electrons. The Labute approximate surface area is 143 Å². The standard InChI is InChI=1S/C17H17NO5S/c1-23-17(22)13-10-12(9-11-5-3-2-4-6-11)24-16(13)18-14(19)7-8-15(20)21/h2-6,10H,7-9H2,1H3,(H,18,19)(H,20,21). The maximum Gasteiger partial charge on any atom is 0.340 e. The number of aliphatic carboxylic acids is 1. The van der Waals surface area contributed by atoms with Gasteiger partial charge in [0.2, 0.25) is 5.91 Å². The smallest absolute Gasteiger partial charge is 0.340 e. The van der Waals surface area contributed by atoms with E-state index in [2.05, 4.69) is 5.32 Å². The lowest BCUT2D eigenvalue weighted by atomic mass is 10.1. The molecule has 1 amide bonds. The van der Waals surface area contributed by atoms with Gasteiger partial charge in [-0.25, -0.2) is 4.79 Å². The monoisotopic (exact) mass is 347 g/mol. The molecular weight excluding hydrogens is 330 g/mol. The van der Waals surface area contributed by atoms with E-state index in [0.717, 1.165) is 10.4 Å². The number of carbonyl (C=O) groups excluding carboxylic acids is 2. The van der Waals surface area contributed by atoms with Gasteiger partial charge in [0.25, 0.3) is 0 Å². The Kier molecular flexibility index (Phi) is 6.08. The van der Waals surface area contributed by atoms with Crippen LogP contribution in [0.4, 0.5) is 5.00 Å². The number of benzene rings is 1. The topological polar surface area (TPSA) is 92.7 Å². The molecule has 0 aliphatic carbocycles. The van der Waals surface area contributed by atoms with E-state index in [1.807, 2.05) is 30.3 Å². The molecule has 0 spiro atoms. The Morgan fingerprint density at radius 2 is 1.88 bits per heavy atom. The molecule has 1 aromatic heterocycles. The van der Waals surface area contributed by atoms with Gasteiger partial charge in [0.05, 0.1) is 19.1 Å². The third-order valence-electron chi connectivity index (χ3n) is 3.23. The number of nitrogens with one attached hydrogen (secondary N) is 1. The maximum absolute atomic E-state index is 11.9. The number of esters is 1. The molecule has 2 N–H and O–H groups in total. The zero-order valence-electron chi connectivity index (χ0n) is 13.1. The number of ether oxygens (including phenoxy) is 1. The first-order valence-electron chi connectivity index (χ1n) is 7.26. The zero-order valence-corrected chi connectivity index (χ0v) is 13.9. The minimum absolute atomic E-state index is 0.151. The summed E-state index contributed by atoms with van der Waals surface area (Å²) in [6.45, 7) is 0. The first-order valence-corrected chi connectivity index (χ1v) is 8.08. The summed E-state index contributed by atoms with van der Waals surface area (Å²) in [5, 5.41) is 11.6. The summed E-state index contributed by atoms with van der Waals surface area (Å²) >= 11 is 1.28. The average Bonchev–Trinajstić information content (AvgIpc) is 2.95. The molecule has 0 bridgehead atoms. The number of rotatable bonds is 7. The summed E-state index contributed by atoms with van der Waals surface area (Å²) in [6, 6.07) is 11.4. The van der Waals surface area contributed by atoms with Crippen molar-refractivity contribution in [2.24, 2.45) is 0 Å². The van der Waals surface area contributed by atoms with Gasteiger partial charge in [0, 0.05) is 17.7 Å². The molecule has 0 unspecified atom stereocenters. The molecule has 1 heterocycles. The molecule has 7 heteroatoms. The van der Waals surface area contributed by atoms with Crippen LogP contribution in [0.2, 0.25) is 0 Å². The Bertz CT molecular complexity index is 739. The highest BCUT2D eigenvalue weighted by atomic mass is 32.1. The van der Waals surface area contributed by atoms with Crippen molar-refractivity contribution >= 4 is 34.2 Å². The van der Waals surface area contributed by atoms with E-state index in [1.165, 1.54) is 18.4 Å². The molecule has 0 atom stereocenters. The van der Waals surface area contributed by atoms with Crippen LogP contribution in [0.25, 0.3) is 0 Å². The van der Waals surface area contributed by atoms with E-state index >= 15 is 0 Å². The highest BCUT2D eigenvalue weighted by Gasteiger charge is 2.19. The van der Waals surface area contributed by atoms with Gasteiger partial charge in [-0.2, -0.15) is 0 Å². The van der Waals surface area contributed by atoms with E-state index in [4.69, 9.17) is 9.84 Å². The number of amides is 1. The summed E-state index contributed by atoms with van der Waals surface area (Å²) in [5.41, 5.74) is 1.36. The van der Waals surface area contributed by atoms with Crippen LogP contribution >= 0.6 is 11.3 Å². The summed E-state index contributed by atoms with van der Waals surface area (Å²) in [7, 11) is 1.27. The molecule has 0 aliphatic heterocycles. The van der Waals surface area contributed by atoms with Crippen molar-refractivity contribution in [1.82, 2.24) is 0 Å². The van der Waals surface area contributed by atoms with Crippen LogP contribution in [-0.4, -0.2) is 30.1 Å². The van der Waals surface area contributed by atoms with Crippen LogP contribution < -0.4 is 5.32 Å². The molecule has 6 nitrogen and oxygen atoms in total. The van der Waals surface area contributed by atoms with Gasteiger partial charge in [-0.1, -0.05) is 30.3 Å². The highest BCUT2D eigenvalue weighted by Crippen LogP contribution is 2.30. The van der Waals surface area contributed by atoms with Crippen molar-refractivity contribution in [2.45, 2.75) is 19.3 Å². The molecule has 126 valence electrons. The fourth-order valence-electron chi connectivity index (χ4n) is 2.09. The van der Waals surface area contributed by atoms with Crippen molar-refractivity contribution in [3.8, 4) is 0 Å². The lowest BCUT2D eigenvalue weighted by molar-refractivity contribution is -0.138. The van der Waals surface area contributed by atoms with E-state index in [0.29, 0.717) is 11.4 Å². The zero-order chi connectivity index (χ0) is 17.5. The summed E-state index contributed by atoms with van der Waals surface area (Å²) in [6.07, 6.45) is 0.212. The average molecular weight is 347 g/mol. The number of thiophene rings is 1. The second kappa shape index (κ2) is 8.26. The van der Waals surface area contributed by atoms with Crippen molar-refractivity contribution in [3.05, 3.63) is 52.4 Å². The maximum atomic E-state index is 11.9. The van der Waals surface area contributed by atoms with Gasteiger partial charge in [-0.3, -0.25) is 9.59 Å². The normalized spacial score (nSPS) is 10.2. The number of anilines is 1. The molecule has 0 fully saturated rings. The predicted molar refractivity (Wildman–Crippen MR) is 90.4 cm³/mol. The van der Waals surface area contributed by atoms with Gasteiger partial charge in [0.1, 0.15) is 5.00 Å². The quantitative estimate of drug-likeness (QED) is 0.751. The first kappa shape index (κ1) is 17.7. The van der Waals surface area contributed by atoms with Gasteiger partial charge < -0.3 is 15.2 Å². The number of carbonyl (C=O) groups is 3. The van der Waals surface area contributed by atoms with Crippen LogP contribution in [0.3, 0.4) is 0 Å². The fourth-order valence-corrected chi connectivity index (χ4v) is 3.19. The lowest BCUT2D eigenvalue weighted by Crippen LogP contribution is -2.14. The highest BCUT2D eigenvalue weighted by molar-refractivity contribution is 7.16. The number of carboxylic acid groups (broad SMARTS) is 1. The van der Waals surface area contributed by atoms with Crippen LogP contribution in [0, 0.1) is 0 Å². The third kappa shape index (κ3) is 4.92. The predicted octanol–water partition coefficient (Wildman–Crippen LogP) is 2.93. The molecule has 24 heavy (non-hydrogen) atoms. The molecular formula is C17H17NO5S. The SMILES string of the molecule is COC(=O)c1cc(Cc2ccccc2)sc1NC(=O)CCC(=O)O. The van der Waals surface area contributed by atoms with Crippen LogP contribution in [0.1, 0.15) is 33.6 Å². The van der Waals surface area contributed by atoms with Gasteiger partial charge in [-0.05, 0) is 11.6 Å². The van der Waals surface area contributed by atoms with Gasteiger partial charge >= 0.3 is 11.9 Å². The third-order valence-corrected chi connectivity index (χ3v) is 4.28. The summed E-state index contributed by atoms with van der Waals surface area (Å²) in [4.78, 5) is 35.1. The molecule has 2 rings (SSSR count). The molecule has 2 aromatic rings.